The SMILES string of the molecule is CN(C)C(=O)C[C@@H](Cc1ccc(Cl)c(Cl)c1)NC(=O)CN1C(=O)[C@@H](NC(=O)C[C@@H](N)Cc2ccc(Cl)cc2)CCc2ccccc21. The van der Waals surface area contributed by atoms with Gasteiger partial charge in [0.05, 0.1) is 10.0 Å². The highest BCUT2D eigenvalue weighted by molar-refractivity contribution is 6.42. The minimum Gasteiger partial charge on any atom is -0.351 e. The molecule has 0 aliphatic carbocycles. The molecule has 4 rings (SSSR count). The minimum atomic E-state index is -0.849. The number of amides is 4. The van der Waals surface area contributed by atoms with E-state index in [9.17, 15) is 19.2 Å². The highest BCUT2D eigenvalue weighted by atomic mass is 35.5. The number of hydrogen-bond acceptors (Lipinski definition) is 5. The van der Waals surface area contributed by atoms with E-state index in [1.165, 1.54) is 9.80 Å². The van der Waals surface area contributed by atoms with Crippen molar-refractivity contribution >= 4 is 64.1 Å². The number of nitrogens with two attached hydrogens (primary N) is 1. The Labute approximate surface area is 284 Å². The van der Waals surface area contributed by atoms with E-state index in [-0.39, 0.29) is 31.2 Å². The number of carbonyl (C=O) groups excluding carboxylic acids is 4. The number of carbonyl (C=O) groups is 4. The number of nitrogens with zero attached hydrogens (tertiary/aromatic N) is 2. The maximum Gasteiger partial charge on any atom is 0.250 e. The Morgan fingerprint density at radius 3 is 2.30 bits per heavy atom. The zero-order valence-corrected chi connectivity index (χ0v) is 28.0. The third-order valence-corrected chi connectivity index (χ3v) is 8.79. The van der Waals surface area contributed by atoms with Gasteiger partial charge in [-0.2, -0.15) is 0 Å². The van der Waals surface area contributed by atoms with Gasteiger partial charge in [0.15, 0.2) is 0 Å². The molecule has 12 heteroatoms. The number of fused-ring (bicyclic) bond motifs is 1. The summed E-state index contributed by atoms with van der Waals surface area (Å²) in [6, 6.07) is 17.9. The summed E-state index contributed by atoms with van der Waals surface area (Å²) in [6.07, 6.45) is 1.75. The van der Waals surface area contributed by atoms with Gasteiger partial charge in [-0.05, 0) is 72.7 Å². The second-order valence-corrected chi connectivity index (χ2v) is 13.0. The first-order valence-electron chi connectivity index (χ1n) is 15.0. The highest BCUT2D eigenvalue weighted by Gasteiger charge is 2.33. The minimum absolute atomic E-state index is 0.0239. The number of benzene rings is 3. The Balaban J connectivity index is 1.46. The second-order valence-electron chi connectivity index (χ2n) is 11.7. The fourth-order valence-corrected chi connectivity index (χ4v) is 5.88. The zero-order valence-electron chi connectivity index (χ0n) is 25.8. The summed E-state index contributed by atoms with van der Waals surface area (Å²) in [5.74, 6) is -1.36. The van der Waals surface area contributed by atoms with Crippen molar-refractivity contribution in [1.29, 1.82) is 0 Å². The third kappa shape index (κ3) is 9.93. The molecule has 4 N–H and O–H groups in total. The van der Waals surface area contributed by atoms with Crippen molar-refractivity contribution in [2.24, 2.45) is 5.73 Å². The van der Waals surface area contributed by atoms with Crippen molar-refractivity contribution in [3.05, 3.63) is 98.5 Å². The molecule has 1 heterocycles. The molecule has 1 aliphatic rings. The van der Waals surface area contributed by atoms with Crippen molar-refractivity contribution in [2.45, 2.75) is 56.7 Å². The molecule has 0 saturated heterocycles. The lowest BCUT2D eigenvalue weighted by Gasteiger charge is -2.27. The summed E-state index contributed by atoms with van der Waals surface area (Å²) in [4.78, 5) is 56.0. The molecule has 0 spiro atoms. The molecule has 4 amide bonds. The molecule has 0 fully saturated rings. The van der Waals surface area contributed by atoms with Gasteiger partial charge in [0, 0.05) is 49.7 Å². The van der Waals surface area contributed by atoms with Crippen LogP contribution in [0.15, 0.2) is 66.7 Å². The van der Waals surface area contributed by atoms with E-state index >= 15 is 0 Å². The summed E-state index contributed by atoms with van der Waals surface area (Å²) in [6.45, 7) is -0.299. The van der Waals surface area contributed by atoms with Crippen LogP contribution < -0.4 is 21.3 Å². The standard InChI is InChI=1S/C34H38Cl3N5O4/c1-41(2)33(45)19-26(16-22-9-13-27(36)28(37)17-22)39-32(44)20-42-30-6-4-3-5-23(30)10-14-29(34(42)46)40-31(43)18-25(38)15-21-7-11-24(35)12-8-21/h3-9,11-13,17,25-26,29H,10,14-16,18-20,38H2,1-2H3,(H,39,44)(H,40,43)/t25-,26+,29-/m0/s1. The molecule has 46 heavy (non-hydrogen) atoms. The molecule has 0 aromatic heterocycles. The van der Waals surface area contributed by atoms with Gasteiger partial charge >= 0.3 is 0 Å². The number of rotatable bonds is 12. The fraction of sp³-hybridized carbons (Fsp3) is 0.353. The van der Waals surface area contributed by atoms with E-state index in [1.54, 1.807) is 56.6 Å². The summed E-state index contributed by atoms with van der Waals surface area (Å²) >= 11 is 18.2. The molecule has 244 valence electrons. The number of nitrogens with one attached hydrogen (secondary N) is 2. The van der Waals surface area contributed by atoms with Crippen molar-refractivity contribution in [2.75, 3.05) is 25.5 Å². The maximum atomic E-state index is 13.9. The third-order valence-electron chi connectivity index (χ3n) is 7.80. The summed E-state index contributed by atoms with van der Waals surface area (Å²) in [7, 11) is 3.29. The van der Waals surface area contributed by atoms with Crippen LogP contribution in [-0.4, -0.2) is 67.3 Å². The van der Waals surface area contributed by atoms with Crippen LogP contribution in [0.3, 0.4) is 0 Å². The average molecular weight is 687 g/mol. The monoisotopic (exact) mass is 685 g/mol. The largest absolute Gasteiger partial charge is 0.351 e. The molecular formula is C34H38Cl3N5O4. The van der Waals surface area contributed by atoms with Crippen molar-refractivity contribution in [3.8, 4) is 0 Å². The molecule has 0 saturated carbocycles. The summed E-state index contributed by atoms with van der Waals surface area (Å²) < 4.78 is 0. The van der Waals surface area contributed by atoms with Gasteiger partial charge < -0.3 is 26.2 Å². The van der Waals surface area contributed by atoms with Gasteiger partial charge in [0.2, 0.25) is 23.6 Å². The Kier molecular flexibility index (Phi) is 12.5. The van der Waals surface area contributed by atoms with Crippen molar-refractivity contribution in [1.82, 2.24) is 15.5 Å². The molecule has 1 aliphatic heterocycles. The Morgan fingerprint density at radius 2 is 1.61 bits per heavy atom. The quantitative estimate of drug-likeness (QED) is 0.258. The Hall–Kier alpha value is -3.63. The van der Waals surface area contributed by atoms with E-state index < -0.39 is 29.9 Å². The molecular weight excluding hydrogens is 649 g/mol. The molecule has 9 nitrogen and oxygen atoms in total. The van der Waals surface area contributed by atoms with Crippen LogP contribution in [0.25, 0.3) is 0 Å². The van der Waals surface area contributed by atoms with Gasteiger partial charge in [-0.15, -0.1) is 0 Å². The second kappa shape index (κ2) is 16.3. The molecule has 3 aromatic carbocycles. The number of anilines is 1. The number of para-hydroxylation sites is 1. The molecule has 0 unspecified atom stereocenters. The van der Waals surface area contributed by atoms with Gasteiger partial charge in [0.25, 0.3) is 0 Å². The topological polar surface area (TPSA) is 125 Å². The average Bonchev–Trinajstić information content (AvgIpc) is 3.12. The molecule has 3 aromatic rings. The van der Waals surface area contributed by atoms with E-state index in [0.29, 0.717) is 46.4 Å². The Bertz CT molecular complexity index is 1570. The summed E-state index contributed by atoms with van der Waals surface area (Å²) in [5, 5.41) is 7.19. The maximum absolute atomic E-state index is 13.9. The normalized spacial score (nSPS) is 15.7. The molecule has 0 bridgehead atoms. The van der Waals surface area contributed by atoms with Crippen molar-refractivity contribution in [3.63, 3.8) is 0 Å². The first-order chi connectivity index (χ1) is 21.9. The highest BCUT2D eigenvalue weighted by Crippen LogP contribution is 2.27. The van der Waals surface area contributed by atoms with Gasteiger partial charge in [0.1, 0.15) is 12.6 Å². The first-order valence-corrected chi connectivity index (χ1v) is 16.1. The summed E-state index contributed by atoms with van der Waals surface area (Å²) in [5.41, 5.74) is 9.49. The van der Waals surface area contributed by atoms with Gasteiger partial charge in [-0.1, -0.05) is 71.2 Å². The van der Waals surface area contributed by atoms with Crippen LogP contribution in [0.5, 0.6) is 0 Å². The predicted molar refractivity (Wildman–Crippen MR) is 182 cm³/mol. The van der Waals surface area contributed by atoms with Crippen molar-refractivity contribution < 1.29 is 19.2 Å². The van der Waals surface area contributed by atoms with Gasteiger partial charge in [-0.3, -0.25) is 19.2 Å². The number of hydrogen-bond donors (Lipinski definition) is 3. The Morgan fingerprint density at radius 1 is 0.913 bits per heavy atom. The number of halogens is 3. The lowest BCUT2D eigenvalue weighted by Crippen LogP contribution is -2.52. The van der Waals surface area contributed by atoms with E-state index in [1.807, 2.05) is 24.3 Å². The van der Waals surface area contributed by atoms with Crippen LogP contribution in [0.4, 0.5) is 5.69 Å². The first kappa shape index (κ1) is 35.2. The smallest absolute Gasteiger partial charge is 0.250 e. The van der Waals surface area contributed by atoms with Crippen LogP contribution >= 0.6 is 34.8 Å². The molecule has 3 atom stereocenters. The van der Waals surface area contributed by atoms with E-state index in [0.717, 1.165) is 16.7 Å². The number of aryl methyl sites for hydroxylation is 1. The van der Waals surface area contributed by atoms with E-state index in [4.69, 9.17) is 40.5 Å². The zero-order chi connectivity index (χ0) is 33.4. The van der Waals surface area contributed by atoms with Crippen LogP contribution in [-0.2, 0) is 38.4 Å². The lowest BCUT2D eigenvalue weighted by molar-refractivity contribution is -0.130. The molecule has 0 radical (unpaired) electrons. The fourth-order valence-electron chi connectivity index (χ4n) is 5.44. The van der Waals surface area contributed by atoms with Crippen LogP contribution in [0.1, 0.15) is 36.0 Å². The van der Waals surface area contributed by atoms with Gasteiger partial charge in [-0.25, -0.2) is 0 Å². The lowest BCUT2D eigenvalue weighted by atomic mass is 10.0. The van der Waals surface area contributed by atoms with E-state index in [2.05, 4.69) is 10.6 Å². The predicted octanol–water partition coefficient (Wildman–Crippen LogP) is 4.58. The van der Waals surface area contributed by atoms with Crippen LogP contribution in [0.2, 0.25) is 15.1 Å². The van der Waals surface area contributed by atoms with Crippen LogP contribution in [0, 0.1) is 0 Å².